The first-order valence-corrected chi connectivity index (χ1v) is 7.88. The minimum Gasteiger partial charge on any atom is -0.316 e. The molecule has 3 nitrogen and oxygen atoms in total. The highest BCUT2D eigenvalue weighted by Crippen LogP contribution is 2.45. The number of ketones is 1. The van der Waals surface area contributed by atoms with Crippen molar-refractivity contribution in [2.75, 3.05) is 14.1 Å². The number of hydrogen-bond donors (Lipinski definition) is 1. The Bertz CT molecular complexity index is 413. The van der Waals surface area contributed by atoms with E-state index in [9.17, 15) is 4.79 Å². The van der Waals surface area contributed by atoms with Gasteiger partial charge in [-0.1, -0.05) is 32.4 Å². The molecule has 1 fully saturated rings. The van der Waals surface area contributed by atoms with Crippen LogP contribution >= 0.6 is 0 Å². The van der Waals surface area contributed by atoms with E-state index in [1.165, 1.54) is 5.57 Å². The van der Waals surface area contributed by atoms with Crippen LogP contribution in [-0.2, 0) is 4.79 Å². The van der Waals surface area contributed by atoms with Gasteiger partial charge in [-0.2, -0.15) is 0 Å². The van der Waals surface area contributed by atoms with E-state index in [1.54, 1.807) is 0 Å². The molecule has 2 rings (SSSR count). The Kier molecular flexibility index (Phi) is 4.41. The van der Waals surface area contributed by atoms with E-state index in [1.807, 2.05) is 7.05 Å². The number of nitrogens with one attached hydrogen (secondary N) is 1. The molecular weight excluding hydrogens is 248 g/mol. The SMILES string of the molecule is CN[C@@H]1CC/C(C)=C/CC(C)(C)[C@@H]2[C@@H](C(=O)[C@H]1C)N2C. The number of nitrogens with zero attached hydrogens (tertiary/aromatic N) is 1. The maximum absolute atomic E-state index is 12.8. The van der Waals surface area contributed by atoms with Crippen molar-refractivity contribution in [1.82, 2.24) is 10.2 Å². The molecule has 3 heteroatoms. The number of carbonyl (C=O) groups is 1. The summed E-state index contributed by atoms with van der Waals surface area (Å²) in [4.78, 5) is 15.0. The van der Waals surface area contributed by atoms with Gasteiger partial charge in [0.15, 0.2) is 5.78 Å². The molecular formula is C17H30N2O. The first kappa shape index (κ1) is 15.7. The predicted octanol–water partition coefficient (Wildman–Crippen LogP) is 2.62. The van der Waals surface area contributed by atoms with E-state index in [-0.39, 0.29) is 17.4 Å². The van der Waals surface area contributed by atoms with Crippen LogP contribution in [0.4, 0.5) is 0 Å². The lowest BCUT2D eigenvalue weighted by molar-refractivity contribution is -0.123. The van der Waals surface area contributed by atoms with Crippen molar-refractivity contribution in [3.8, 4) is 0 Å². The van der Waals surface area contributed by atoms with E-state index < -0.39 is 0 Å². The summed E-state index contributed by atoms with van der Waals surface area (Å²) in [5.41, 5.74) is 1.63. The monoisotopic (exact) mass is 278 g/mol. The zero-order chi connectivity index (χ0) is 15.1. The van der Waals surface area contributed by atoms with Crippen LogP contribution < -0.4 is 5.32 Å². The van der Waals surface area contributed by atoms with Gasteiger partial charge in [0.1, 0.15) is 0 Å². The third kappa shape index (κ3) is 2.84. The summed E-state index contributed by atoms with van der Waals surface area (Å²) in [5, 5.41) is 3.35. The molecule has 0 bridgehead atoms. The lowest BCUT2D eigenvalue weighted by atomic mass is 9.81. The summed E-state index contributed by atoms with van der Waals surface area (Å²) in [6.45, 7) is 8.91. The van der Waals surface area contributed by atoms with Gasteiger partial charge in [-0.05, 0) is 45.7 Å². The molecule has 1 aliphatic heterocycles. The van der Waals surface area contributed by atoms with Crippen molar-refractivity contribution in [1.29, 1.82) is 0 Å². The van der Waals surface area contributed by atoms with E-state index in [2.05, 4.69) is 51.0 Å². The Labute approximate surface area is 123 Å². The Morgan fingerprint density at radius 1 is 1.40 bits per heavy atom. The van der Waals surface area contributed by atoms with Crippen molar-refractivity contribution in [3.63, 3.8) is 0 Å². The van der Waals surface area contributed by atoms with Crippen molar-refractivity contribution >= 4 is 5.78 Å². The van der Waals surface area contributed by atoms with Gasteiger partial charge in [0.2, 0.25) is 0 Å². The van der Waals surface area contributed by atoms with E-state index in [0.717, 1.165) is 19.3 Å². The lowest BCUT2D eigenvalue weighted by Gasteiger charge is -2.23. The molecule has 0 saturated carbocycles. The molecule has 1 unspecified atom stereocenters. The molecule has 1 heterocycles. The molecule has 20 heavy (non-hydrogen) atoms. The first-order chi connectivity index (χ1) is 9.29. The summed E-state index contributed by atoms with van der Waals surface area (Å²) in [6.07, 6.45) is 5.59. The van der Waals surface area contributed by atoms with Crippen LogP contribution in [0.15, 0.2) is 11.6 Å². The highest BCUT2D eigenvalue weighted by molar-refractivity contribution is 5.90. The van der Waals surface area contributed by atoms with Gasteiger partial charge in [-0.15, -0.1) is 0 Å². The highest BCUT2D eigenvalue weighted by atomic mass is 16.1. The smallest absolute Gasteiger partial charge is 0.155 e. The summed E-state index contributed by atoms with van der Waals surface area (Å²) in [7, 11) is 4.07. The average molecular weight is 278 g/mol. The van der Waals surface area contributed by atoms with Gasteiger partial charge in [0, 0.05) is 18.0 Å². The maximum Gasteiger partial charge on any atom is 0.155 e. The Morgan fingerprint density at radius 3 is 2.65 bits per heavy atom. The van der Waals surface area contributed by atoms with Gasteiger partial charge in [-0.25, -0.2) is 0 Å². The highest BCUT2D eigenvalue weighted by Gasteiger charge is 2.57. The fourth-order valence-electron chi connectivity index (χ4n) is 3.83. The zero-order valence-electron chi connectivity index (χ0n) is 13.9. The number of Topliss-reactive ketones (excluding diaryl/α,β-unsaturated/α-hetero) is 1. The normalized spacial score (nSPS) is 44.0. The van der Waals surface area contributed by atoms with Crippen LogP contribution in [0.25, 0.3) is 0 Å². The van der Waals surface area contributed by atoms with Gasteiger partial charge in [0.05, 0.1) is 6.04 Å². The standard InChI is InChI=1S/C17H30N2O/c1-11-7-8-13(18-5)12(2)15(20)14-16(19(14)6)17(3,4)10-9-11/h9,12-14,16,18H,7-8,10H2,1-6H3/b11-9+/t12-,13+,14+,16-,19?/m0/s1. The average Bonchev–Trinajstić information content (AvgIpc) is 3.07. The van der Waals surface area contributed by atoms with Crippen LogP contribution in [0.5, 0.6) is 0 Å². The summed E-state index contributed by atoms with van der Waals surface area (Å²) in [6, 6.07) is 0.821. The topological polar surface area (TPSA) is 32.1 Å². The molecule has 2 aliphatic rings. The number of carbonyl (C=O) groups excluding carboxylic acids is 1. The van der Waals surface area contributed by atoms with Crippen molar-refractivity contribution in [2.45, 2.75) is 65.1 Å². The Hall–Kier alpha value is -0.670. The fourth-order valence-corrected chi connectivity index (χ4v) is 3.83. The van der Waals surface area contributed by atoms with Gasteiger partial charge in [-0.3, -0.25) is 9.69 Å². The summed E-state index contributed by atoms with van der Waals surface area (Å²) >= 11 is 0. The first-order valence-electron chi connectivity index (χ1n) is 7.88. The Morgan fingerprint density at radius 2 is 2.05 bits per heavy atom. The number of allylic oxidation sites excluding steroid dienone is 2. The molecule has 1 aliphatic carbocycles. The second-order valence-electron chi connectivity index (χ2n) is 7.42. The molecule has 1 saturated heterocycles. The number of rotatable bonds is 1. The molecule has 1 N–H and O–H groups in total. The molecule has 0 spiro atoms. The lowest BCUT2D eigenvalue weighted by Crippen LogP contribution is -2.39. The number of fused-ring (bicyclic) bond motifs is 1. The van der Waals surface area contributed by atoms with Crippen LogP contribution in [0.1, 0.15) is 47.0 Å². The third-order valence-electron chi connectivity index (χ3n) is 5.43. The van der Waals surface area contributed by atoms with Gasteiger partial charge < -0.3 is 5.32 Å². The van der Waals surface area contributed by atoms with Crippen LogP contribution in [0, 0.1) is 11.3 Å². The van der Waals surface area contributed by atoms with Crippen LogP contribution in [0.3, 0.4) is 0 Å². The Balaban J connectivity index is 2.27. The quantitative estimate of drug-likeness (QED) is 0.591. The van der Waals surface area contributed by atoms with Crippen LogP contribution in [-0.4, -0.2) is 42.9 Å². The molecule has 0 amide bonds. The number of likely N-dealkylation sites (N-methyl/N-ethyl adjacent to an activating group) is 1. The summed E-state index contributed by atoms with van der Waals surface area (Å²) < 4.78 is 0. The number of hydrogen-bond acceptors (Lipinski definition) is 3. The zero-order valence-corrected chi connectivity index (χ0v) is 13.9. The van der Waals surface area contributed by atoms with Crippen molar-refractivity contribution < 1.29 is 4.79 Å². The van der Waals surface area contributed by atoms with E-state index in [0.29, 0.717) is 17.9 Å². The minimum absolute atomic E-state index is 0.0964. The molecule has 0 aromatic heterocycles. The molecule has 5 atom stereocenters. The minimum atomic E-state index is 0.0964. The maximum atomic E-state index is 12.8. The van der Waals surface area contributed by atoms with Gasteiger partial charge in [0.25, 0.3) is 0 Å². The molecule has 114 valence electrons. The van der Waals surface area contributed by atoms with Crippen molar-refractivity contribution in [3.05, 3.63) is 11.6 Å². The molecule has 0 aromatic carbocycles. The van der Waals surface area contributed by atoms with Gasteiger partial charge >= 0.3 is 0 Å². The molecule has 0 aromatic rings. The predicted molar refractivity (Wildman–Crippen MR) is 83.7 cm³/mol. The summed E-state index contributed by atoms with van der Waals surface area (Å²) in [5.74, 6) is 0.517. The second kappa shape index (κ2) is 5.61. The molecule has 0 radical (unpaired) electrons. The van der Waals surface area contributed by atoms with E-state index >= 15 is 0 Å². The largest absolute Gasteiger partial charge is 0.316 e. The van der Waals surface area contributed by atoms with Crippen LogP contribution in [0.2, 0.25) is 0 Å². The van der Waals surface area contributed by atoms with E-state index in [4.69, 9.17) is 0 Å². The second-order valence-corrected chi connectivity index (χ2v) is 7.42. The van der Waals surface area contributed by atoms with Crippen molar-refractivity contribution in [2.24, 2.45) is 11.3 Å². The third-order valence-corrected chi connectivity index (χ3v) is 5.43. The fraction of sp³-hybridized carbons (Fsp3) is 0.824.